The topological polar surface area (TPSA) is 84.3 Å². The van der Waals surface area contributed by atoms with Gasteiger partial charge in [0, 0.05) is 18.1 Å². The van der Waals surface area contributed by atoms with Crippen molar-refractivity contribution in [1.82, 2.24) is 14.7 Å². The second-order valence-electron chi connectivity index (χ2n) is 7.17. The van der Waals surface area contributed by atoms with Crippen LogP contribution >= 0.6 is 0 Å². The number of nitrogens with zero attached hydrogens (tertiary/aromatic N) is 3. The molecule has 7 heteroatoms. The molecule has 0 radical (unpaired) electrons. The summed E-state index contributed by atoms with van der Waals surface area (Å²) >= 11 is 0. The SMILES string of the molecule is O=C(CN1C(=O)C2CCCCC2C1=O)Nc1ccccc1Cn1cccn1. The molecule has 2 aromatic rings. The average molecular weight is 366 g/mol. The third-order valence-corrected chi connectivity index (χ3v) is 5.42. The van der Waals surface area contributed by atoms with E-state index in [4.69, 9.17) is 0 Å². The molecule has 2 fully saturated rings. The first kappa shape index (κ1) is 17.5. The van der Waals surface area contributed by atoms with Gasteiger partial charge in [0.25, 0.3) is 0 Å². The zero-order valence-electron chi connectivity index (χ0n) is 15.0. The first-order valence-corrected chi connectivity index (χ1v) is 9.34. The first-order valence-electron chi connectivity index (χ1n) is 9.34. The molecule has 4 rings (SSSR count). The Kier molecular flexibility index (Phi) is 4.75. The maximum atomic E-state index is 12.5. The molecule has 1 aliphatic heterocycles. The van der Waals surface area contributed by atoms with Gasteiger partial charge in [-0.2, -0.15) is 5.10 Å². The van der Waals surface area contributed by atoms with Gasteiger partial charge in [-0.05, 0) is 30.5 Å². The molecule has 140 valence electrons. The van der Waals surface area contributed by atoms with Crippen LogP contribution in [-0.4, -0.2) is 38.9 Å². The van der Waals surface area contributed by atoms with Gasteiger partial charge in [-0.15, -0.1) is 0 Å². The fraction of sp³-hybridized carbons (Fsp3) is 0.400. The summed E-state index contributed by atoms with van der Waals surface area (Å²) in [5.74, 6) is -1.20. The number of carbonyl (C=O) groups is 3. The van der Waals surface area contributed by atoms with Crippen molar-refractivity contribution in [3.05, 3.63) is 48.3 Å². The van der Waals surface area contributed by atoms with E-state index in [1.165, 1.54) is 0 Å². The fourth-order valence-corrected chi connectivity index (χ4v) is 4.07. The van der Waals surface area contributed by atoms with Gasteiger partial charge >= 0.3 is 0 Å². The van der Waals surface area contributed by atoms with Crippen LogP contribution in [0, 0.1) is 11.8 Å². The van der Waals surface area contributed by atoms with Crippen molar-refractivity contribution in [2.45, 2.75) is 32.2 Å². The van der Waals surface area contributed by atoms with Crippen LogP contribution in [0.25, 0.3) is 0 Å². The van der Waals surface area contributed by atoms with Crippen LogP contribution < -0.4 is 5.32 Å². The molecule has 7 nitrogen and oxygen atoms in total. The maximum Gasteiger partial charge on any atom is 0.244 e. The minimum Gasteiger partial charge on any atom is -0.324 e. The largest absolute Gasteiger partial charge is 0.324 e. The summed E-state index contributed by atoms with van der Waals surface area (Å²) in [6.07, 6.45) is 7.00. The molecule has 27 heavy (non-hydrogen) atoms. The molecule has 0 spiro atoms. The number of nitrogens with one attached hydrogen (secondary N) is 1. The van der Waals surface area contributed by atoms with E-state index in [-0.39, 0.29) is 36.1 Å². The molecule has 2 atom stereocenters. The van der Waals surface area contributed by atoms with Crippen LogP contribution in [-0.2, 0) is 20.9 Å². The molecule has 1 N–H and O–H groups in total. The van der Waals surface area contributed by atoms with Crippen molar-refractivity contribution in [3.63, 3.8) is 0 Å². The van der Waals surface area contributed by atoms with E-state index in [1.54, 1.807) is 10.9 Å². The van der Waals surface area contributed by atoms with Crippen molar-refractivity contribution in [1.29, 1.82) is 0 Å². The van der Waals surface area contributed by atoms with Crippen LogP contribution in [0.15, 0.2) is 42.7 Å². The van der Waals surface area contributed by atoms with E-state index in [1.807, 2.05) is 36.5 Å². The van der Waals surface area contributed by atoms with Crippen LogP contribution in [0.3, 0.4) is 0 Å². The van der Waals surface area contributed by atoms with Crippen LogP contribution in [0.5, 0.6) is 0 Å². The maximum absolute atomic E-state index is 12.5. The van der Waals surface area contributed by atoms with Gasteiger partial charge in [0.1, 0.15) is 6.54 Å². The third kappa shape index (κ3) is 3.49. The lowest BCUT2D eigenvalue weighted by Crippen LogP contribution is -2.38. The van der Waals surface area contributed by atoms with E-state index in [0.29, 0.717) is 12.2 Å². The molecule has 2 heterocycles. The summed E-state index contributed by atoms with van der Waals surface area (Å²) in [6, 6.07) is 9.29. The molecule has 2 aliphatic rings. The van der Waals surface area contributed by atoms with Crippen molar-refractivity contribution in [2.24, 2.45) is 11.8 Å². The zero-order valence-corrected chi connectivity index (χ0v) is 15.0. The van der Waals surface area contributed by atoms with Crippen molar-refractivity contribution < 1.29 is 14.4 Å². The molecule has 1 aromatic heterocycles. The number of aromatic nitrogens is 2. The number of para-hydroxylation sites is 1. The van der Waals surface area contributed by atoms with Crippen molar-refractivity contribution >= 4 is 23.4 Å². The third-order valence-electron chi connectivity index (χ3n) is 5.42. The fourth-order valence-electron chi connectivity index (χ4n) is 4.07. The lowest BCUT2D eigenvalue weighted by molar-refractivity contribution is -0.142. The smallest absolute Gasteiger partial charge is 0.244 e. The summed E-state index contributed by atoms with van der Waals surface area (Å²) in [5.41, 5.74) is 1.57. The van der Waals surface area contributed by atoms with Gasteiger partial charge in [-0.25, -0.2) is 0 Å². The monoisotopic (exact) mass is 366 g/mol. The van der Waals surface area contributed by atoms with Crippen LogP contribution in [0.4, 0.5) is 5.69 Å². The van der Waals surface area contributed by atoms with Gasteiger partial charge in [0.2, 0.25) is 17.7 Å². The predicted octanol–water partition coefficient (Wildman–Crippen LogP) is 2.05. The van der Waals surface area contributed by atoms with Gasteiger partial charge in [-0.1, -0.05) is 31.0 Å². The molecule has 0 bridgehead atoms. The number of imide groups is 1. The number of benzene rings is 1. The average Bonchev–Trinajstić information content (AvgIpc) is 3.27. The number of fused-ring (bicyclic) bond motifs is 1. The molecule has 1 aliphatic carbocycles. The minimum atomic E-state index is -0.358. The number of anilines is 1. The Bertz CT molecular complexity index is 838. The van der Waals surface area contributed by atoms with E-state index >= 15 is 0 Å². The summed E-state index contributed by atoms with van der Waals surface area (Å²) in [7, 11) is 0. The van der Waals surface area contributed by atoms with Crippen molar-refractivity contribution in [2.75, 3.05) is 11.9 Å². The highest BCUT2D eigenvalue weighted by atomic mass is 16.2. The van der Waals surface area contributed by atoms with E-state index in [9.17, 15) is 14.4 Å². The molecular weight excluding hydrogens is 344 g/mol. The summed E-state index contributed by atoms with van der Waals surface area (Å²) in [5, 5.41) is 7.03. The Balaban J connectivity index is 1.44. The van der Waals surface area contributed by atoms with E-state index < -0.39 is 0 Å². The van der Waals surface area contributed by atoms with Gasteiger partial charge < -0.3 is 5.32 Å². The molecule has 2 unspecified atom stereocenters. The van der Waals surface area contributed by atoms with Crippen molar-refractivity contribution in [3.8, 4) is 0 Å². The van der Waals surface area contributed by atoms with Gasteiger partial charge in [0.05, 0.1) is 18.4 Å². The number of hydrogen-bond donors (Lipinski definition) is 1. The van der Waals surface area contributed by atoms with E-state index in [0.717, 1.165) is 36.1 Å². The van der Waals surface area contributed by atoms with Gasteiger partial charge in [-0.3, -0.25) is 24.0 Å². The minimum absolute atomic E-state index is 0.190. The first-order chi connectivity index (χ1) is 13.1. The molecule has 1 saturated heterocycles. The lowest BCUT2D eigenvalue weighted by Gasteiger charge is -2.19. The molecular formula is C20H22N4O3. The number of likely N-dealkylation sites (tertiary alicyclic amines) is 1. The quantitative estimate of drug-likeness (QED) is 0.821. The van der Waals surface area contributed by atoms with E-state index in [2.05, 4.69) is 10.4 Å². The lowest BCUT2D eigenvalue weighted by atomic mass is 9.81. The second-order valence-corrected chi connectivity index (χ2v) is 7.17. The summed E-state index contributed by atoms with van der Waals surface area (Å²) in [6.45, 7) is 0.302. The number of hydrogen-bond acceptors (Lipinski definition) is 4. The van der Waals surface area contributed by atoms with Gasteiger partial charge in [0.15, 0.2) is 0 Å². The summed E-state index contributed by atoms with van der Waals surface area (Å²) < 4.78 is 1.77. The predicted molar refractivity (Wildman–Crippen MR) is 98.6 cm³/mol. The number of amides is 3. The Morgan fingerprint density at radius 1 is 1.07 bits per heavy atom. The zero-order chi connectivity index (χ0) is 18.8. The highest BCUT2D eigenvalue weighted by Gasteiger charge is 2.48. The molecule has 1 aromatic carbocycles. The Hall–Kier alpha value is -2.96. The Labute approximate surface area is 157 Å². The number of rotatable bonds is 5. The van der Waals surface area contributed by atoms with Crippen LogP contribution in [0.1, 0.15) is 31.2 Å². The molecule has 1 saturated carbocycles. The Morgan fingerprint density at radius 3 is 2.44 bits per heavy atom. The highest BCUT2D eigenvalue weighted by Crippen LogP contribution is 2.37. The Morgan fingerprint density at radius 2 is 1.78 bits per heavy atom. The number of carbonyl (C=O) groups excluding carboxylic acids is 3. The highest BCUT2D eigenvalue weighted by molar-refractivity contribution is 6.08. The standard InChI is InChI=1S/C20H22N4O3/c25-18(13-24-19(26)15-7-2-3-8-16(15)20(24)27)22-17-9-4-1-6-14(17)12-23-11-5-10-21-23/h1,4-6,9-11,15-16H,2-3,7-8,12-13H2,(H,22,25). The summed E-state index contributed by atoms with van der Waals surface area (Å²) in [4.78, 5) is 38.7. The normalized spacial score (nSPS) is 22.0. The van der Waals surface area contributed by atoms with Crippen LogP contribution in [0.2, 0.25) is 0 Å². The second kappa shape index (κ2) is 7.34. The molecule has 3 amide bonds.